The van der Waals surface area contributed by atoms with Gasteiger partial charge in [-0.1, -0.05) is 76.6 Å². The van der Waals surface area contributed by atoms with Crippen LogP contribution < -0.4 is 4.74 Å². The van der Waals surface area contributed by atoms with Gasteiger partial charge in [0.05, 0.1) is 0 Å². The lowest BCUT2D eigenvalue weighted by atomic mass is 9.86. The van der Waals surface area contributed by atoms with Gasteiger partial charge >= 0.3 is 0 Å². The van der Waals surface area contributed by atoms with Crippen molar-refractivity contribution in [2.45, 2.75) is 103 Å². The van der Waals surface area contributed by atoms with Crippen LogP contribution >= 0.6 is 11.8 Å². The molecule has 1 nitrogen and oxygen atoms in total. The third-order valence-corrected chi connectivity index (χ3v) is 7.64. The largest absolute Gasteiger partial charge is 0.457 e. The summed E-state index contributed by atoms with van der Waals surface area (Å²) in [6.45, 7) is 13.3. The van der Waals surface area contributed by atoms with E-state index in [1.54, 1.807) is 0 Å². The summed E-state index contributed by atoms with van der Waals surface area (Å²) in [5, 5.41) is 0.814. The van der Waals surface area contributed by atoms with Crippen LogP contribution in [0.2, 0.25) is 0 Å². The molecule has 0 aliphatic heterocycles. The number of ether oxygens (including phenoxy) is 1. The Labute approximate surface area is 189 Å². The number of hydrogen-bond donors (Lipinski definition) is 0. The molecule has 30 heavy (non-hydrogen) atoms. The third kappa shape index (κ3) is 6.54. The zero-order valence-corrected chi connectivity index (χ0v) is 20.8. The van der Waals surface area contributed by atoms with Crippen molar-refractivity contribution in [2.75, 3.05) is 0 Å². The molecule has 1 saturated carbocycles. The maximum atomic E-state index is 6.49. The van der Waals surface area contributed by atoms with Crippen molar-refractivity contribution >= 4 is 11.8 Å². The fourth-order valence-electron chi connectivity index (χ4n) is 4.48. The van der Waals surface area contributed by atoms with Gasteiger partial charge in [0, 0.05) is 11.0 Å². The van der Waals surface area contributed by atoms with Crippen molar-refractivity contribution in [1.82, 2.24) is 0 Å². The normalized spacial score (nSPS) is 16.2. The van der Waals surface area contributed by atoms with Crippen LogP contribution in [0.3, 0.4) is 0 Å². The first-order valence-corrected chi connectivity index (χ1v) is 12.8. The molecule has 2 heteroatoms. The molecule has 1 fully saturated rings. The minimum Gasteiger partial charge on any atom is -0.457 e. The molecule has 0 N–H and O–H groups in total. The molecule has 1 aliphatic carbocycles. The van der Waals surface area contributed by atoms with Crippen LogP contribution in [-0.4, -0.2) is 5.25 Å². The van der Waals surface area contributed by atoms with E-state index in [-0.39, 0.29) is 5.41 Å². The zero-order chi connectivity index (χ0) is 21.7. The summed E-state index contributed by atoms with van der Waals surface area (Å²) in [5.41, 5.74) is 6.56. The van der Waals surface area contributed by atoms with Gasteiger partial charge in [0.2, 0.25) is 0 Å². The molecule has 2 aromatic rings. The molecular weight excluding hydrogens is 384 g/mol. The maximum Gasteiger partial charge on any atom is 0.133 e. The summed E-state index contributed by atoms with van der Waals surface area (Å²) in [5.74, 6) is 3.06. The quantitative estimate of drug-likeness (QED) is 0.473. The predicted molar refractivity (Wildman–Crippen MR) is 133 cm³/mol. The first kappa shape index (κ1) is 23.3. The Kier molecular flexibility index (Phi) is 7.96. The van der Waals surface area contributed by atoms with Crippen molar-refractivity contribution < 1.29 is 4.74 Å². The molecule has 0 unspecified atom stereocenters. The second kappa shape index (κ2) is 10.3. The lowest BCUT2D eigenvalue weighted by Gasteiger charge is -2.23. The first-order valence-electron chi connectivity index (χ1n) is 11.7. The van der Waals surface area contributed by atoms with Crippen LogP contribution in [0, 0.1) is 20.8 Å². The number of benzene rings is 2. The lowest BCUT2D eigenvalue weighted by molar-refractivity contribution is 0.470. The molecule has 0 atom stereocenters. The van der Waals surface area contributed by atoms with Crippen LogP contribution in [-0.2, 0) is 11.2 Å². The van der Waals surface area contributed by atoms with E-state index in [2.05, 4.69) is 83.6 Å². The second-order valence-electron chi connectivity index (χ2n) is 10.2. The van der Waals surface area contributed by atoms with E-state index in [0.29, 0.717) is 0 Å². The molecule has 0 aromatic heterocycles. The van der Waals surface area contributed by atoms with Crippen LogP contribution in [0.1, 0.15) is 93.5 Å². The minimum atomic E-state index is 0.108. The van der Waals surface area contributed by atoms with Gasteiger partial charge in [-0.05, 0) is 73.4 Å². The van der Waals surface area contributed by atoms with Gasteiger partial charge in [-0.3, -0.25) is 0 Å². The van der Waals surface area contributed by atoms with Gasteiger partial charge < -0.3 is 4.74 Å². The van der Waals surface area contributed by atoms with Gasteiger partial charge in [-0.25, -0.2) is 0 Å². The molecule has 0 bridgehead atoms. The Balaban J connectivity index is 1.81. The van der Waals surface area contributed by atoms with Gasteiger partial charge in [0.25, 0.3) is 0 Å². The van der Waals surface area contributed by atoms with Crippen molar-refractivity contribution in [3.8, 4) is 11.5 Å². The number of thioether (sulfide) groups is 1. The monoisotopic (exact) mass is 424 g/mol. The van der Waals surface area contributed by atoms with E-state index in [9.17, 15) is 0 Å². The maximum absolute atomic E-state index is 6.49. The van der Waals surface area contributed by atoms with Crippen molar-refractivity contribution in [1.29, 1.82) is 0 Å². The van der Waals surface area contributed by atoms with Gasteiger partial charge in [0.15, 0.2) is 0 Å². The summed E-state index contributed by atoms with van der Waals surface area (Å²) in [7, 11) is 0. The van der Waals surface area contributed by atoms with Crippen molar-refractivity contribution in [2.24, 2.45) is 0 Å². The topological polar surface area (TPSA) is 9.23 Å². The van der Waals surface area contributed by atoms with Gasteiger partial charge in [-0.2, -0.15) is 11.8 Å². The van der Waals surface area contributed by atoms with E-state index >= 15 is 0 Å². The minimum absolute atomic E-state index is 0.108. The molecule has 1 aliphatic rings. The van der Waals surface area contributed by atoms with Gasteiger partial charge in [0.1, 0.15) is 11.5 Å². The standard InChI is InChI=1S/C28H40OS/c1-20-14-21(2)27(22(3)15-20)29-25-17-23(16-24(18-25)28(4,5)6)19-30-26-12-10-8-7-9-11-13-26/h14-18,26H,7-13,19H2,1-6H3. The average molecular weight is 425 g/mol. The van der Waals surface area contributed by atoms with Crippen LogP contribution in [0.4, 0.5) is 0 Å². The molecule has 2 aromatic carbocycles. The Morgan fingerprint density at radius 1 is 0.833 bits per heavy atom. The molecule has 3 rings (SSSR count). The molecule has 0 spiro atoms. The summed E-state index contributed by atoms with van der Waals surface area (Å²) in [6.07, 6.45) is 9.85. The average Bonchev–Trinajstić information content (AvgIpc) is 2.63. The summed E-state index contributed by atoms with van der Waals surface area (Å²) < 4.78 is 6.49. The van der Waals surface area contributed by atoms with Crippen LogP contribution in [0.5, 0.6) is 11.5 Å². The Bertz CT molecular complexity index is 815. The third-order valence-electron chi connectivity index (χ3n) is 6.19. The fourth-order valence-corrected chi connectivity index (χ4v) is 5.74. The van der Waals surface area contributed by atoms with Crippen LogP contribution in [0.15, 0.2) is 30.3 Å². The highest BCUT2D eigenvalue weighted by atomic mass is 32.2. The zero-order valence-electron chi connectivity index (χ0n) is 19.9. The molecule has 0 amide bonds. The van der Waals surface area contributed by atoms with E-state index in [0.717, 1.165) is 22.5 Å². The highest BCUT2D eigenvalue weighted by Crippen LogP contribution is 2.36. The SMILES string of the molecule is Cc1cc(C)c(Oc2cc(CSC3CCCCCCC3)cc(C(C)(C)C)c2)c(C)c1. The number of rotatable bonds is 5. The highest BCUT2D eigenvalue weighted by Gasteiger charge is 2.18. The first-order chi connectivity index (χ1) is 14.2. The molecule has 0 saturated heterocycles. The Hall–Kier alpha value is -1.41. The summed E-state index contributed by atoms with van der Waals surface area (Å²) in [4.78, 5) is 0. The van der Waals surface area contributed by atoms with Gasteiger partial charge in [-0.15, -0.1) is 0 Å². The summed E-state index contributed by atoms with van der Waals surface area (Å²) >= 11 is 2.16. The number of aryl methyl sites for hydroxylation is 3. The van der Waals surface area contributed by atoms with E-state index in [1.807, 2.05) is 0 Å². The molecule has 0 heterocycles. The van der Waals surface area contributed by atoms with E-state index < -0.39 is 0 Å². The Morgan fingerprint density at radius 3 is 2.03 bits per heavy atom. The Morgan fingerprint density at radius 2 is 1.43 bits per heavy atom. The predicted octanol–water partition coefficient (Wildman–Crippen LogP) is 9.05. The number of hydrogen-bond acceptors (Lipinski definition) is 2. The van der Waals surface area contributed by atoms with E-state index in [4.69, 9.17) is 4.74 Å². The van der Waals surface area contributed by atoms with Crippen molar-refractivity contribution in [3.63, 3.8) is 0 Å². The molecule has 164 valence electrons. The van der Waals surface area contributed by atoms with Crippen LogP contribution in [0.25, 0.3) is 0 Å². The smallest absolute Gasteiger partial charge is 0.133 e. The summed E-state index contributed by atoms with van der Waals surface area (Å²) in [6, 6.07) is 11.3. The highest BCUT2D eigenvalue weighted by molar-refractivity contribution is 7.99. The molecule has 0 radical (unpaired) electrons. The fraction of sp³-hybridized carbons (Fsp3) is 0.571. The molecular formula is C28H40OS. The second-order valence-corrected chi connectivity index (χ2v) is 11.5. The lowest BCUT2D eigenvalue weighted by Crippen LogP contribution is -2.12. The van der Waals surface area contributed by atoms with Crippen molar-refractivity contribution in [3.05, 3.63) is 58.1 Å². The van der Waals surface area contributed by atoms with E-state index in [1.165, 1.54) is 72.8 Å².